The predicted molar refractivity (Wildman–Crippen MR) is 77.2 cm³/mol. The van der Waals surface area contributed by atoms with E-state index in [4.69, 9.17) is 0 Å². The van der Waals surface area contributed by atoms with Gasteiger partial charge in [-0.05, 0) is 25.3 Å². The minimum absolute atomic E-state index is 0.105. The molecular weight excluding hydrogens is 236 g/mol. The molecule has 19 heavy (non-hydrogen) atoms. The zero-order chi connectivity index (χ0) is 13.2. The lowest BCUT2D eigenvalue weighted by atomic mass is 10.1. The van der Waals surface area contributed by atoms with E-state index in [0.29, 0.717) is 12.1 Å². The highest BCUT2D eigenvalue weighted by atomic mass is 16.3. The molecule has 3 atom stereocenters. The molecule has 0 unspecified atom stereocenters. The first-order chi connectivity index (χ1) is 9.22. The van der Waals surface area contributed by atoms with Gasteiger partial charge in [0.1, 0.15) is 0 Å². The van der Waals surface area contributed by atoms with E-state index in [2.05, 4.69) is 47.1 Å². The van der Waals surface area contributed by atoms with E-state index in [1.165, 1.54) is 5.56 Å². The van der Waals surface area contributed by atoms with Gasteiger partial charge in [-0.3, -0.25) is 9.80 Å². The smallest absolute Gasteiger partial charge is 0.0682 e. The van der Waals surface area contributed by atoms with Gasteiger partial charge >= 0.3 is 0 Å². The van der Waals surface area contributed by atoms with Crippen molar-refractivity contribution in [2.75, 3.05) is 26.2 Å². The Kier molecular flexibility index (Phi) is 3.87. The van der Waals surface area contributed by atoms with Crippen LogP contribution in [0, 0.1) is 0 Å². The van der Waals surface area contributed by atoms with Crippen LogP contribution in [0.5, 0.6) is 0 Å². The molecule has 0 amide bonds. The Hall–Kier alpha value is -0.900. The molecule has 3 rings (SSSR count). The van der Waals surface area contributed by atoms with E-state index >= 15 is 0 Å². The van der Waals surface area contributed by atoms with Crippen molar-refractivity contribution in [3.05, 3.63) is 35.9 Å². The highest BCUT2D eigenvalue weighted by Crippen LogP contribution is 2.25. The number of benzene rings is 1. The second kappa shape index (κ2) is 5.61. The van der Waals surface area contributed by atoms with Gasteiger partial charge in [-0.25, -0.2) is 0 Å². The monoisotopic (exact) mass is 260 g/mol. The molecule has 2 fully saturated rings. The normalized spacial score (nSPS) is 32.4. The molecule has 0 radical (unpaired) electrons. The first kappa shape index (κ1) is 13.1. The topological polar surface area (TPSA) is 26.7 Å². The maximum Gasteiger partial charge on any atom is 0.0682 e. The van der Waals surface area contributed by atoms with E-state index in [1.54, 1.807) is 0 Å². The summed E-state index contributed by atoms with van der Waals surface area (Å²) < 4.78 is 0. The molecule has 2 aliphatic heterocycles. The number of fused-ring (bicyclic) bond motifs is 1. The average molecular weight is 260 g/mol. The molecule has 1 N–H and O–H groups in total. The summed E-state index contributed by atoms with van der Waals surface area (Å²) in [6.07, 6.45) is 1.97. The van der Waals surface area contributed by atoms with Gasteiger partial charge in [0.05, 0.1) is 6.10 Å². The second-order valence-corrected chi connectivity index (χ2v) is 6.08. The van der Waals surface area contributed by atoms with E-state index in [9.17, 15) is 5.11 Å². The van der Waals surface area contributed by atoms with E-state index in [0.717, 1.165) is 39.0 Å². The lowest BCUT2D eigenvalue weighted by Crippen LogP contribution is -2.55. The maximum atomic E-state index is 9.78. The minimum atomic E-state index is -0.105. The molecular formula is C16H24N2O. The average Bonchev–Trinajstić information content (AvgIpc) is 2.76. The number of rotatable bonds is 3. The maximum absolute atomic E-state index is 9.78. The van der Waals surface area contributed by atoms with Crippen LogP contribution in [-0.4, -0.2) is 59.3 Å². The highest BCUT2D eigenvalue weighted by Gasteiger charge is 2.37. The molecule has 0 bridgehead atoms. The lowest BCUT2D eigenvalue weighted by molar-refractivity contribution is 0.0591. The van der Waals surface area contributed by atoms with Gasteiger partial charge in [0.2, 0.25) is 0 Å². The Bertz CT molecular complexity index is 408. The third-order valence-electron chi connectivity index (χ3n) is 4.60. The van der Waals surface area contributed by atoms with Crippen LogP contribution in [0.1, 0.15) is 18.9 Å². The molecule has 2 heterocycles. The molecule has 0 aliphatic carbocycles. The molecule has 2 saturated heterocycles. The first-order valence-corrected chi connectivity index (χ1v) is 7.42. The molecule has 0 spiro atoms. The van der Waals surface area contributed by atoms with E-state index in [1.807, 2.05) is 0 Å². The number of aliphatic hydroxyl groups excluding tert-OH is 1. The number of piperazine rings is 1. The predicted octanol–water partition coefficient (Wildman–Crippen LogP) is 1.37. The van der Waals surface area contributed by atoms with Crippen LogP contribution in [0.15, 0.2) is 30.3 Å². The Balaban J connectivity index is 1.56. The summed E-state index contributed by atoms with van der Waals surface area (Å²) in [6.45, 7) is 6.54. The minimum Gasteiger partial charge on any atom is -0.392 e. The fraction of sp³-hybridized carbons (Fsp3) is 0.625. The molecule has 1 aromatic rings. The Morgan fingerprint density at radius 1 is 1.16 bits per heavy atom. The van der Waals surface area contributed by atoms with Crippen LogP contribution in [0.3, 0.4) is 0 Å². The van der Waals surface area contributed by atoms with Gasteiger partial charge in [0.15, 0.2) is 0 Å². The Morgan fingerprint density at radius 3 is 2.74 bits per heavy atom. The lowest BCUT2D eigenvalue weighted by Gasteiger charge is -2.42. The largest absolute Gasteiger partial charge is 0.392 e. The molecule has 0 aromatic heterocycles. The van der Waals surface area contributed by atoms with Gasteiger partial charge in [0, 0.05) is 38.3 Å². The summed E-state index contributed by atoms with van der Waals surface area (Å²) in [5.41, 5.74) is 1.42. The number of hydrogen-bond donors (Lipinski definition) is 1. The van der Waals surface area contributed by atoms with Crippen LogP contribution in [0.25, 0.3) is 0 Å². The van der Waals surface area contributed by atoms with Gasteiger partial charge in [-0.1, -0.05) is 30.3 Å². The van der Waals surface area contributed by atoms with Crippen molar-refractivity contribution in [1.29, 1.82) is 0 Å². The first-order valence-electron chi connectivity index (χ1n) is 7.42. The van der Waals surface area contributed by atoms with Gasteiger partial charge in [-0.15, -0.1) is 0 Å². The highest BCUT2D eigenvalue weighted by molar-refractivity contribution is 5.15. The molecule has 3 heteroatoms. The standard InChI is InChI=1S/C16H24N2O/c1-13-10-18-12-16(19)9-15(18)11-17(13)8-7-14-5-3-2-4-6-14/h2-6,13,15-16,19H,7-12H2,1H3/t13-,15+,16+/m0/s1. The van der Waals surface area contributed by atoms with Crippen molar-refractivity contribution in [1.82, 2.24) is 9.80 Å². The number of nitrogens with zero attached hydrogens (tertiary/aromatic N) is 2. The summed E-state index contributed by atoms with van der Waals surface area (Å²) in [6, 6.07) is 11.9. The van der Waals surface area contributed by atoms with Crippen LogP contribution in [-0.2, 0) is 6.42 Å². The zero-order valence-corrected chi connectivity index (χ0v) is 11.7. The molecule has 1 aromatic carbocycles. The fourth-order valence-electron chi connectivity index (χ4n) is 3.51. The Labute approximate surface area is 115 Å². The summed E-state index contributed by atoms with van der Waals surface area (Å²) in [5, 5.41) is 9.78. The van der Waals surface area contributed by atoms with Crippen LogP contribution in [0.2, 0.25) is 0 Å². The Morgan fingerprint density at radius 2 is 1.95 bits per heavy atom. The van der Waals surface area contributed by atoms with Crippen molar-refractivity contribution in [2.45, 2.75) is 38.0 Å². The van der Waals surface area contributed by atoms with Crippen molar-refractivity contribution in [3.63, 3.8) is 0 Å². The van der Waals surface area contributed by atoms with E-state index < -0.39 is 0 Å². The fourth-order valence-corrected chi connectivity index (χ4v) is 3.51. The van der Waals surface area contributed by atoms with Crippen molar-refractivity contribution in [3.8, 4) is 0 Å². The third kappa shape index (κ3) is 2.99. The molecule has 0 saturated carbocycles. The van der Waals surface area contributed by atoms with Crippen LogP contribution < -0.4 is 0 Å². The molecule has 3 nitrogen and oxygen atoms in total. The second-order valence-electron chi connectivity index (χ2n) is 6.08. The summed E-state index contributed by atoms with van der Waals surface area (Å²) in [7, 11) is 0. The van der Waals surface area contributed by atoms with Crippen molar-refractivity contribution < 1.29 is 5.11 Å². The van der Waals surface area contributed by atoms with Gasteiger partial charge in [0.25, 0.3) is 0 Å². The zero-order valence-electron chi connectivity index (χ0n) is 11.7. The van der Waals surface area contributed by atoms with Crippen LogP contribution >= 0.6 is 0 Å². The van der Waals surface area contributed by atoms with Gasteiger partial charge < -0.3 is 5.11 Å². The number of hydrogen-bond acceptors (Lipinski definition) is 3. The quantitative estimate of drug-likeness (QED) is 0.889. The van der Waals surface area contributed by atoms with Crippen molar-refractivity contribution in [2.24, 2.45) is 0 Å². The van der Waals surface area contributed by atoms with Crippen LogP contribution in [0.4, 0.5) is 0 Å². The van der Waals surface area contributed by atoms with Gasteiger partial charge in [-0.2, -0.15) is 0 Å². The van der Waals surface area contributed by atoms with Crippen molar-refractivity contribution >= 4 is 0 Å². The molecule has 2 aliphatic rings. The summed E-state index contributed by atoms with van der Waals surface area (Å²) in [4.78, 5) is 5.06. The molecule has 104 valence electrons. The van der Waals surface area contributed by atoms with E-state index in [-0.39, 0.29) is 6.10 Å². The SMILES string of the molecule is C[C@H]1CN2C[C@H](O)C[C@@H]2CN1CCc1ccccc1. The summed E-state index contributed by atoms with van der Waals surface area (Å²) in [5.74, 6) is 0. The third-order valence-corrected chi connectivity index (χ3v) is 4.60. The summed E-state index contributed by atoms with van der Waals surface area (Å²) >= 11 is 0. The number of aliphatic hydroxyl groups is 1.